The third kappa shape index (κ3) is 6.72. The number of morpholine rings is 1. The zero-order valence-corrected chi connectivity index (χ0v) is 22.2. The van der Waals surface area contributed by atoms with Crippen LogP contribution in [0.3, 0.4) is 0 Å². The molecular formula is C28H38N6O3. The van der Waals surface area contributed by atoms with Crippen molar-refractivity contribution in [1.29, 1.82) is 0 Å². The summed E-state index contributed by atoms with van der Waals surface area (Å²) in [4.78, 5) is 40.4. The van der Waals surface area contributed by atoms with Gasteiger partial charge in [0.05, 0.1) is 24.6 Å². The van der Waals surface area contributed by atoms with Crippen LogP contribution in [0.1, 0.15) is 28.8 Å². The second kappa shape index (κ2) is 12.3. The van der Waals surface area contributed by atoms with Gasteiger partial charge in [-0.05, 0) is 74.4 Å². The van der Waals surface area contributed by atoms with E-state index in [1.165, 1.54) is 6.08 Å². The number of aromatic nitrogens is 2. The van der Waals surface area contributed by atoms with Crippen molar-refractivity contribution in [1.82, 2.24) is 19.8 Å². The maximum Gasteiger partial charge on any atom is 0.327 e. The Bertz CT molecular complexity index is 1120. The molecule has 2 aromatic rings. The number of ether oxygens (including phenoxy) is 1. The van der Waals surface area contributed by atoms with E-state index in [1.807, 2.05) is 39.1 Å². The van der Waals surface area contributed by atoms with Gasteiger partial charge < -0.3 is 15.0 Å². The van der Waals surface area contributed by atoms with Crippen molar-refractivity contribution in [2.45, 2.75) is 33.6 Å². The SMILES string of the molecule is C=CC(=O)N1CC(CCN(C(=O)Nc2c(C)ncc(C)c2CCN2CCOCC2)c2cc(C)ccn2)C1. The number of rotatable bonds is 9. The van der Waals surface area contributed by atoms with E-state index in [0.29, 0.717) is 31.4 Å². The van der Waals surface area contributed by atoms with E-state index in [9.17, 15) is 9.59 Å². The summed E-state index contributed by atoms with van der Waals surface area (Å²) in [5.41, 5.74) is 4.79. The van der Waals surface area contributed by atoms with E-state index in [0.717, 1.165) is 73.8 Å². The normalized spacial score (nSPS) is 16.2. The van der Waals surface area contributed by atoms with Crippen molar-refractivity contribution >= 4 is 23.4 Å². The number of urea groups is 1. The second-order valence-electron chi connectivity index (χ2n) is 9.96. The largest absolute Gasteiger partial charge is 0.379 e. The quantitative estimate of drug-likeness (QED) is 0.525. The molecule has 0 aromatic carbocycles. The van der Waals surface area contributed by atoms with Crippen molar-refractivity contribution in [3.05, 3.63) is 59.6 Å². The van der Waals surface area contributed by atoms with Crippen LogP contribution in [0.15, 0.2) is 37.2 Å². The van der Waals surface area contributed by atoms with E-state index in [2.05, 4.69) is 26.8 Å². The minimum absolute atomic E-state index is 0.0433. The van der Waals surface area contributed by atoms with Crippen LogP contribution in [-0.4, -0.2) is 84.2 Å². The first-order valence-corrected chi connectivity index (χ1v) is 13.0. The molecule has 4 heterocycles. The van der Waals surface area contributed by atoms with E-state index < -0.39 is 0 Å². The number of pyridine rings is 2. The number of amides is 3. The Hall–Kier alpha value is -3.30. The lowest BCUT2D eigenvalue weighted by molar-refractivity contribution is -0.132. The van der Waals surface area contributed by atoms with Crippen molar-refractivity contribution < 1.29 is 14.3 Å². The molecule has 0 radical (unpaired) electrons. The van der Waals surface area contributed by atoms with Gasteiger partial charge in [0.2, 0.25) is 5.91 Å². The summed E-state index contributed by atoms with van der Waals surface area (Å²) in [6.07, 6.45) is 6.56. The Morgan fingerprint density at radius 3 is 2.68 bits per heavy atom. The highest BCUT2D eigenvalue weighted by molar-refractivity contribution is 6.02. The van der Waals surface area contributed by atoms with Crippen molar-refractivity contribution in [3.8, 4) is 0 Å². The number of nitrogens with zero attached hydrogens (tertiary/aromatic N) is 5. The first-order chi connectivity index (χ1) is 17.9. The van der Waals surface area contributed by atoms with Crippen LogP contribution < -0.4 is 10.2 Å². The summed E-state index contributed by atoms with van der Waals surface area (Å²) < 4.78 is 5.48. The number of hydrogen-bond acceptors (Lipinski definition) is 6. The van der Waals surface area contributed by atoms with E-state index in [1.54, 1.807) is 16.0 Å². The summed E-state index contributed by atoms with van der Waals surface area (Å²) in [5, 5.41) is 3.18. The Labute approximate surface area is 219 Å². The molecule has 2 saturated heterocycles. The molecule has 4 rings (SSSR count). The third-order valence-electron chi connectivity index (χ3n) is 7.23. The van der Waals surface area contributed by atoms with E-state index >= 15 is 0 Å². The average Bonchev–Trinajstić information content (AvgIpc) is 2.87. The van der Waals surface area contributed by atoms with Gasteiger partial charge in [-0.15, -0.1) is 0 Å². The average molecular weight is 507 g/mol. The van der Waals surface area contributed by atoms with Crippen LogP contribution in [0.5, 0.6) is 0 Å². The number of anilines is 2. The third-order valence-corrected chi connectivity index (χ3v) is 7.23. The van der Waals surface area contributed by atoms with Crippen molar-refractivity contribution in [3.63, 3.8) is 0 Å². The second-order valence-corrected chi connectivity index (χ2v) is 9.96. The van der Waals surface area contributed by atoms with Crippen molar-refractivity contribution in [2.75, 3.05) is 62.7 Å². The molecule has 2 aliphatic heterocycles. The first kappa shape index (κ1) is 26.8. The smallest absolute Gasteiger partial charge is 0.327 e. The molecule has 1 N–H and O–H groups in total. The molecule has 2 fully saturated rings. The van der Waals surface area contributed by atoms with Crippen LogP contribution in [0.2, 0.25) is 0 Å². The summed E-state index contributed by atoms with van der Waals surface area (Å²) in [7, 11) is 0. The predicted molar refractivity (Wildman–Crippen MR) is 145 cm³/mol. The van der Waals surface area contributed by atoms with Crippen LogP contribution in [0.4, 0.5) is 16.3 Å². The maximum absolute atomic E-state index is 13.7. The number of hydrogen-bond donors (Lipinski definition) is 1. The van der Waals surface area contributed by atoms with Gasteiger partial charge in [-0.25, -0.2) is 9.78 Å². The van der Waals surface area contributed by atoms with E-state index in [4.69, 9.17) is 4.74 Å². The van der Waals surface area contributed by atoms with Crippen LogP contribution in [0, 0.1) is 26.7 Å². The van der Waals surface area contributed by atoms with Crippen LogP contribution in [0.25, 0.3) is 0 Å². The van der Waals surface area contributed by atoms with Crippen LogP contribution in [-0.2, 0) is 16.0 Å². The fourth-order valence-corrected chi connectivity index (χ4v) is 4.87. The molecule has 0 saturated carbocycles. The summed E-state index contributed by atoms with van der Waals surface area (Å²) in [6, 6.07) is 3.62. The molecular weight excluding hydrogens is 468 g/mol. The van der Waals surface area contributed by atoms with Gasteiger partial charge in [-0.2, -0.15) is 0 Å². The molecule has 2 aliphatic rings. The monoisotopic (exact) mass is 506 g/mol. The Kier molecular flexibility index (Phi) is 8.89. The zero-order chi connectivity index (χ0) is 26.4. The first-order valence-electron chi connectivity index (χ1n) is 13.0. The summed E-state index contributed by atoms with van der Waals surface area (Å²) >= 11 is 0. The van der Waals surface area contributed by atoms with Crippen LogP contribution >= 0.6 is 0 Å². The van der Waals surface area contributed by atoms with Gasteiger partial charge in [0.15, 0.2) is 0 Å². The Morgan fingerprint density at radius 2 is 1.97 bits per heavy atom. The molecule has 198 valence electrons. The number of aryl methyl sites for hydroxylation is 3. The topological polar surface area (TPSA) is 90.9 Å². The number of likely N-dealkylation sites (tertiary alicyclic amines) is 1. The standard InChI is InChI=1S/C28H38N6O3/c1-5-26(35)33-18-23(19-33)7-11-34(25-16-20(2)6-9-29-25)28(36)31-27-22(4)30-17-21(3)24(27)8-10-32-12-14-37-15-13-32/h5-6,9,16-17,23H,1,7-8,10-15,18-19H2,2-4H3,(H,31,36). The molecule has 0 bridgehead atoms. The van der Waals surface area contributed by atoms with Gasteiger partial charge in [0, 0.05) is 51.7 Å². The molecule has 3 amide bonds. The maximum atomic E-state index is 13.7. The highest BCUT2D eigenvalue weighted by atomic mass is 16.5. The number of nitrogens with one attached hydrogen (secondary N) is 1. The highest BCUT2D eigenvalue weighted by Gasteiger charge is 2.30. The van der Waals surface area contributed by atoms with Gasteiger partial charge in [-0.1, -0.05) is 6.58 Å². The fraction of sp³-hybridized carbons (Fsp3) is 0.500. The zero-order valence-electron chi connectivity index (χ0n) is 22.2. The molecule has 0 unspecified atom stereocenters. The lowest BCUT2D eigenvalue weighted by atomic mass is 9.96. The lowest BCUT2D eigenvalue weighted by Crippen LogP contribution is -2.50. The molecule has 0 spiro atoms. The summed E-state index contributed by atoms with van der Waals surface area (Å²) in [6.45, 7) is 15.7. The van der Waals surface area contributed by atoms with Gasteiger partial charge in [-0.3, -0.25) is 19.6 Å². The lowest BCUT2D eigenvalue weighted by Gasteiger charge is -2.39. The molecule has 0 aliphatic carbocycles. The predicted octanol–water partition coefficient (Wildman–Crippen LogP) is 3.35. The molecule has 0 atom stereocenters. The van der Waals surface area contributed by atoms with Gasteiger partial charge >= 0.3 is 6.03 Å². The minimum atomic E-state index is -0.223. The minimum Gasteiger partial charge on any atom is -0.379 e. The van der Waals surface area contributed by atoms with Gasteiger partial charge in [0.1, 0.15) is 5.82 Å². The van der Waals surface area contributed by atoms with Gasteiger partial charge in [0.25, 0.3) is 0 Å². The fourth-order valence-electron chi connectivity index (χ4n) is 4.87. The Morgan fingerprint density at radius 1 is 1.22 bits per heavy atom. The highest BCUT2D eigenvalue weighted by Crippen LogP contribution is 2.26. The van der Waals surface area contributed by atoms with E-state index in [-0.39, 0.29) is 11.9 Å². The van der Waals surface area contributed by atoms with Crippen molar-refractivity contribution in [2.24, 2.45) is 5.92 Å². The Balaban J connectivity index is 1.49. The molecule has 9 nitrogen and oxygen atoms in total. The number of carbonyl (C=O) groups excluding carboxylic acids is 2. The summed E-state index contributed by atoms with van der Waals surface area (Å²) in [5.74, 6) is 0.915. The molecule has 2 aromatic heterocycles. The number of carbonyl (C=O) groups is 2. The molecule has 37 heavy (non-hydrogen) atoms. The molecule has 9 heteroatoms.